The molecule has 1 aliphatic rings. The van der Waals surface area contributed by atoms with Gasteiger partial charge in [0, 0.05) is 23.8 Å². The van der Waals surface area contributed by atoms with E-state index in [1.54, 1.807) is 12.1 Å². The van der Waals surface area contributed by atoms with Gasteiger partial charge >= 0.3 is 0 Å². The Hall–Kier alpha value is -1.24. The number of halogens is 1. The van der Waals surface area contributed by atoms with Gasteiger partial charge in [0.2, 0.25) is 0 Å². The molecule has 0 radical (unpaired) electrons. The summed E-state index contributed by atoms with van der Waals surface area (Å²) in [7, 11) is 0. The van der Waals surface area contributed by atoms with E-state index in [0.29, 0.717) is 13.2 Å². The number of benzene rings is 1. The zero-order chi connectivity index (χ0) is 14.0. The number of rotatable bonds is 3. The van der Waals surface area contributed by atoms with Crippen LogP contribution in [0.5, 0.6) is 0 Å². The third-order valence-electron chi connectivity index (χ3n) is 3.26. The molecule has 0 amide bonds. The van der Waals surface area contributed by atoms with Crippen molar-refractivity contribution in [3.8, 4) is 0 Å². The van der Waals surface area contributed by atoms with Crippen LogP contribution in [0.2, 0.25) is 0 Å². The first-order valence-electron chi connectivity index (χ1n) is 6.11. The lowest BCUT2D eigenvalue weighted by Crippen LogP contribution is -2.49. The van der Waals surface area contributed by atoms with E-state index >= 15 is 0 Å². The summed E-state index contributed by atoms with van der Waals surface area (Å²) < 4.78 is 19.3. The highest BCUT2D eigenvalue weighted by Crippen LogP contribution is 2.24. The minimum Gasteiger partial charge on any atom is -0.394 e. The molecule has 1 saturated heterocycles. The smallest absolute Gasteiger partial charge is 0.135 e. The van der Waals surface area contributed by atoms with Gasteiger partial charge in [-0.2, -0.15) is 0 Å². The van der Waals surface area contributed by atoms with Gasteiger partial charge in [0.25, 0.3) is 0 Å². The summed E-state index contributed by atoms with van der Waals surface area (Å²) in [6, 6.07) is 4.92. The first-order valence-corrected chi connectivity index (χ1v) is 6.52. The first kappa shape index (κ1) is 14.2. The quantitative estimate of drug-likeness (QED) is 0.812. The molecule has 0 spiro atoms. The number of ether oxygens (including phenoxy) is 1. The van der Waals surface area contributed by atoms with Gasteiger partial charge in [-0.15, -0.1) is 0 Å². The number of morpholine rings is 1. The van der Waals surface area contributed by atoms with Crippen LogP contribution in [-0.4, -0.2) is 42.0 Å². The zero-order valence-electron chi connectivity index (χ0n) is 10.7. The molecule has 6 heteroatoms. The Morgan fingerprint density at radius 3 is 2.95 bits per heavy atom. The van der Waals surface area contributed by atoms with Crippen LogP contribution in [0.25, 0.3) is 0 Å². The Balaban J connectivity index is 2.25. The fourth-order valence-electron chi connectivity index (χ4n) is 2.17. The molecule has 2 rings (SSSR count). The molecule has 1 fully saturated rings. The second-order valence-corrected chi connectivity index (χ2v) is 5.11. The van der Waals surface area contributed by atoms with Crippen LogP contribution in [0.1, 0.15) is 12.5 Å². The van der Waals surface area contributed by atoms with E-state index in [4.69, 9.17) is 27.8 Å². The third kappa shape index (κ3) is 3.02. The Bertz CT molecular complexity index is 484. The van der Waals surface area contributed by atoms with Crippen molar-refractivity contribution < 1.29 is 14.2 Å². The summed E-state index contributed by atoms with van der Waals surface area (Å²) in [6.45, 7) is 2.98. The molecule has 0 aromatic heterocycles. The second kappa shape index (κ2) is 5.81. The van der Waals surface area contributed by atoms with Crippen molar-refractivity contribution in [3.63, 3.8) is 0 Å². The average Bonchev–Trinajstić information content (AvgIpc) is 2.38. The Labute approximate surface area is 117 Å². The maximum absolute atomic E-state index is 13.9. The number of thiocarbonyl (C=S) groups is 1. The molecule has 1 aliphatic heterocycles. The molecular formula is C13H17FN2O2S. The van der Waals surface area contributed by atoms with Gasteiger partial charge < -0.3 is 20.5 Å². The Kier molecular flexibility index (Phi) is 4.34. The van der Waals surface area contributed by atoms with Gasteiger partial charge in [0.15, 0.2) is 0 Å². The van der Waals surface area contributed by atoms with Crippen molar-refractivity contribution in [2.24, 2.45) is 5.73 Å². The second-order valence-electron chi connectivity index (χ2n) is 4.67. The Morgan fingerprint density at radius 2 is 2.37 bits per heavy atom. The molecule has 4 nitrogen and oxygen atoms in total. The lowest BCUT2D eigenvalue weighted by Gasteiger charge is -2.39. The van der Waals surface area contributed by atoms with Gasteiger partial charge in [-0.25, -0.2) is 4.39 Å². The largest absolute Gasteiger partial charge is 0.394 e. The molecule has 104 valence electrons. The maximum Gasteiger partial charge on any atom is 0.135 e. The lowest BCUT2D eigenvalue weighted by atomic mass is 10.1. The summed E-state index contributed by atoms with van der Waals surface area (Å²) in [4.78, 5) is 2.06. The van der Waals surface area contributed by atoms with Crippen LogP contribution in [0.4, 0.5) is 10.1 Å². The van der Waals surface area contributed by atoms with Gasteiger partial charge in [-0.3, -0.25) is 0 Å². The van der Waals surface area contributed by atoms with Gasteiger partial charge in [0.1, 0.15) is 10.8 Å². The minimum atomic E-state index is -0.427. The van der Waals surface area contributed by atoms with Crippen molar-refractivity contribution in [1.29, 1.82) is 0 Å². The van der Waals surface area contributed by atoms with E-state index in [1.165, 1.54) is 6.07 Å². The molecule has 2 atom stereocenters. The molecule has 0 saturated carbocycles. The predicted octanol–water partition coefficient (Wildman–Crippen LogP) is 1.05. The fourth-order valence-corrected chi connectivity index (χ4v) is 2.34. The van der Waals surface area contributed by atoms with E-state index in [-0.39, 0.29) is 29.3 Å². The monoisotopic (exact) mass is 284 g/mol. The number of nitrogens with zero attached hydrogens (tertiary/aromatic N) is 1. The number of hydrogen-bond acceptors (Lipinski definition) is 4. The van der Waals surface area contributed by atoms with E-state index in [0.717, 1.165) is 5.69 Å². The van der Waals surface area contributed by atoms with Crippen molar-refractivity contribution in [1.82, 2.24) is 0 Å². The zero-order valence-corrected chi connectivity index (χ0v) is 11.5. The highest BCUT2D eigenvalue weighted by molar-refractivity contribution is 7.80. The summed E-state index contributed by atoms with van der Waals surface area (Å²) >= 11 is 4.78. The number of anilines is 1. The maximum atomic E-state index is 13.9. The topological polar surface area (TPSA) is 58.7 Å². The van der Waals surface area contributed by atoms with Crippen molar-refractivity contribution in [2.75, 3.05) is 24.7 Å². The molecule has 2 unspecified atom stereocenters. The minimum absolute atomic E-state index is 0.0450. The normalized spacial score (nSPS) is 23.4. The van der Waals surface area contributed by atoms with E-state index in [2.05, 4.69) is 0 Å². The number of aliphatic hydroxyl groups is 1. The highest BCUT2D eigenvalue weighted by Gasteiger charge is 2.26. The van der Waals surface area contributed by atoms with Crippen LogP contribution in [0, 0.1) is 5.82 Å². The molecule has 1 heterocycles. The number of hydrogen-bond donors (Lipinski definition) is 2. The molecule has 0 aliphatic carbocycles. The molecule has 1 aromatic rings. The fraction of sp³-hybridized carbons (Fsp3) is 0.462. The van der Waals surface area contributed by atoms with Gasteiger partial charge in [-0.1, -0.05) is 12.2 Å². The standard InChI is InChI=1S/C13H17FN2O2S/c1-8-7-18-10(6-17)5-16(8)9-2-3-11(13(15)19)12(14)4-9/h2-4,8,10,17H,5-7H2,1H3,(H2,15,19). The highest BCUT2D eigenvalue weighted by atomic mass is 32.1. The first-order chi connectivity index (χ1) is 9.02. The van der Waals surface area contributed by atoms with Crippen molar-refractivity contribution in [3.05, 3.63) is 29.6 Å². The number of nitrogens with two attached hydrogens (primary N) is 1. The van der Waals surface area contributed by atoms with Gasteiger partial charge in [0.05, 0.1) is 19.3 Å². The van der Waals surface area contributed by atoms with E-state index < -0.39 is 5.82 Å². The SMILES string of the molecule is CC1COC(CO)CN1c1ccc(C(N)=S)c(F)c1. The van der Waals surface area contributed by atoms with Crippen LogP contribution >= 0.6 is 12.2 Å². The van der Waals surface area contributed by atoms with Crippen molar-refractivity contribution in [2.45, 2.75) is 19.1 Å². The van der Waals surface area contributed by atoms with Crippen LogP contribution in [0.15, 0.2) is 18.2 Å². The van der Waals surface area contributed by atoms with Crippen LogP contribution in [0.3, 0.4) is 0 Å². The average molecular weight is 284 g/mol. The third-order valence-corrected chi connectivity index (χ3v) is 3.48. The molecule has 1 aromatic carbocycles. The van der Waals surface area contributed by atoms with Gasteiger partial charge in [-0.05, 0) is 25.1 Å². The summed E-state index contributed by atoms with van der Waals surface area (Å²) in [5, 5.41) is 9.15. The molecule has 19 heavy (non-hydrogen) atoms. The van der Waals surface area contributed by atoms with E-state index in [1.807, 2.05) is 11.8 Å². The molecule has 0 bridgehead atoms. The summed E-state index contributed by atoms with van der Waals surface area (Å²) in [5.74, 6) is -0.427. The van der Waals surface area contributed by atoms with Crippen LogP contribution in [-0.2, 0) is 4.74 Å². The lowest BCUT2D eigenvalue weighted by molar-refractivity contribution is -0.0103. The predicted molar refractivity (Wildman–Crippen MR) is 75.9 cm³/mol. The number of aliphatic hydroxyl groups excluding tert-OH is 1. The summed E-state index contributed by atoms with van der Waals surface area (Å²) in [5.41, 5.74) is 6.43. The molecule has 3 N–H and O–H groups in total. The van der Waals surface area contributed by atoms with Crippen molar-refractivity contribution >= 4 is 22.9 Å². The van der Waals surface area contributed by atoms with Crippen LogP contribution < -0.4 is 10.6 Å². The Morgan fingerprint density at radius 1 is 1.63 bits per heavy atom. The van der Waals surface area contributed by atoms with E-state index in [9.17, 15) is 4.39 Å². The summed E-state index contributed by atoms with van der Waals surface area (Å²) in [6.07, 6.45) is -0.241. The molecular weight excluding hydrogens is 267 g/mol.